The molecule has 124 valence electrons. The molecule has 1 saturated carbocycles. The number of aryl methyl sites for hydroxylation is 1. The van der Waals surface area contributed by atoms with Gasteiger partial charge in [0.15, 0.2) is 0 Å². The molecule has 1 atom stereocenters. The molecule has 2 amide bonds. The molecule has 0 bridgehead atoms. The number of rotatable bonds is 5. The van der Waals surface area contributed by atoms with E-state index in [0.717, 1.165) is 24.1 Å². The molecule has 4 nitrogen and oxygen atoms in total. The van der Waals surface area contributed by atoms with Crippen LogP contribution in [0.4, 0.5) is 5.69 Å². The summed E-state index contributed by atoms with van der Waals surface area (Å²) < 4.78 is 0. The first kappa shape index (κ1) is 16.2. The van der Waals surface area contributed by atoms with Gasteiger partial charge < -0.3 is 10.6 Å². The summed E-state index contributed by atoms with van der Waals surface area (Å²) in [6.07, 6.45) is 1.95. The van der Waals surface area contributed by atoms with Crippen LogP contribution in [0.1, 0.15) is 47.3 Å². The van der Waals surface area contributed by atoms with Crippen LogP contribution < -0.4 is 10.6 Å². The maximum atomic E-state index is 12.3. The van der Waals surface area contributed by atoms with Crippen molar-refractivity contribution in [2.24, 2.45) is 5.92 Å². The number of benzene rings is 2. The van der Waals surface area contributed by atoms with Crippen LogP contribution in [0, 0.1) is 12.8 Å². The van der Waals surface area contributed by atoms with Crippen LogP contribution in [0.2, 0.25) is 0 Å². The third-order valence-corrected chi connectivity index (χ3v) is 4.29. The first-order valence-corrected chi connectivity index (χ1v) is 8.31. The van der Waals surface area contributed by atoms with Crippen molar-refractivity contribution in [3.63, 3.8) is 0 Å². The molecule has 24 heavy (non-hydrogen) atoms. The summed E-state index contributed by atoms with van der Waals surface area (Å²) in [5.74, 6) is 0.117. The van der Waals surface area contributed by atoms with Gasteiger partial charge in [0.25, 0.3) is 5.91 Å². The standard InChI is InChI=1S/C20H22N2O2/c1-13-3-5-15(6-4-13)14(2)21-19(23)17-9-11-18(12-10-17)22-20(24)16-7-8-16/h3-6,9-12,14,16H,7-8H2,1-2H3,(H,21,23)(H,22,24). The molecule has 0 aliphatic heterocycles. The van der Waals surface area contributed by atoms with Gasteiger partial charge in [0, 0.05) is 17.2 Å². The molecule has 4 heteroatoms. The third-order valence-electron chi connectivity index (χ3n) is 4.29. The normalized spacial score (nSPS) is 14.8. The lowest BCUT2D eigenvalue weighted by Gasteiger charge is -2.15. The first-order valence-electron chi connectivity index (χ1n) is 8.31. The van der Waals surface area contributed by atoms with E-state index >= 15 is 0 Å². The molecule has 2 aromatic carbocycles. The molecule has 3 rings (SSSR count). The van der Waals surface area contributed by atoms with Gasteiger partial charge in [-0.1, -0.05) is 29.8 Å². The lowest BCUT2D eigenvalue weighted by Crippen LogP contribution is -2.26. The molecule has 0 spiro atoms. The lowest BCUT2D eigenvalue weighted by atomic mass is 10.1. The smallest absolute Gasteiger partial charge is 0.251 e. The largest absolute Gasteiger partial charge is 0.346 e. The summed E-state index contributed by atoms with van der Waals surface area (Å²) in [7, 11) is 0. The Morgan fingerprint density at radius 2 is 1.62 bits per heavy atom. The van der Waals surface area contributed by atoms with Crippen molar-refractivity contribution >= 4 is 17.5 Å². The summed E-state index contributed by atoms with van der Waals surface area (Å²) in [6.45, 7) is 4.00. The maximum Gasteiger partial charge on any atom is 0.251 e. The number of amides is 2. The minimum atomic E-state index is -0.122. The molecule has 1 aliphatic carbocycles. The molecule has 0 radical (unpaired) electrons. The summed E-state index contributed by atoms with van der Waals surface area (Å²) in [5.41, 5.74) is 3.58. The summed E-state index contributed by atoms with van der Waals surface area (Å²) in [6, 6.07) is 15.1. The van der Waals surface area contributed by atoms with Gasteiger partial charge >= 0.3 is 0 Å². The number of carbonyl (C=O) groups excluding carboxylic acids is 2. The monoisotopic (exact) mass is 322 g/mol. The van der Waals surface area contributed by atoms with Crippen LogP contribution in [-0.2, 0) is 4.79 Å². The summed E-state index contributed by atoms with van der Waals surface area (Å²) in [5, 5.41) is 5.87. The SMILES string of the molecule is Cc1ccc(C(C)NC(=O)c2ccc(NC(=O)C3CC3)cc2)cc1. The zero-order chi connectivity index (χ0) is 17.1. The summed E-state index contributed by atoms with van der Waals surface area (Å²) in [4.78, 5) is 24.1. The minimum absolute atomic E-state index is 0.0626. The molecular formula is C20H22N2O2. The second kappa shape index (κ2) is 6.87. The average Bonchev–Trinajstić information content (AvgIpc) is 3.41. The van der Waals surface area contributed by atoms with Crippen LogP contribution in [0.5, 0.6) is 0 Å². The Hall–Kier alpha value is -2.62. The van der Waals surface area contributed by atoms with E-state index in [1.165, 1.54) is 5.56 Å². The molecule has 1 aliphatic rings. The number of anilines is 1. The van der Waals surface area contributed by atoms with Crippen molar-refractivity contribution in [3.8, 4) is 0 Å². The predicted octanol–water partition coefficient (Wildman–Crippen LogP) is 3.83. The second-order valence-corrected chi connectivity index (χ2v) is 6.45. The highest BCUT2D eigenvalue weighted by Crippen LogP contribution is 2.30. The van der Waals surface area contributed by atoms with Crippen molar-refractivity contribution in [2.45, 2.75) is 32.7 Å². The van der Waals surface area contributed by atoms with Crippen molar-refractivity contribution in [1.82, 2.24) is 5.32 Å². The Balaban J connectivity index is 1.59. The van der Waals surface area contributed by atoms with E-state index in [4.69, 9.17) is 0 Å². The minimum Gasteiger partial charge on any atom is -0.346 e. The van der Waals surface area contributed by atoms with Crippen molar-refractivity contribution < 1.29 is 9.59 Å². The fourth-order valence-electron chi connectivity index (χ4n) is 2.51. The highest BCUT2D eigenvalue weighted by atomic mass is 16.2. The highest BCUT2D eigenvalue weighted by molar-refractivity contribution is 5.96. The van der Waals surface area contributed by atoms with Crippen molar-refractivity contribution in [2.75, 3.05) is 5.32 Å². The Kier molecular flexibility index (Phi) is 4.65. The Morgan fingerprint density at radius 3 is 2.21 bits per heavy atom. The lowest BCUT2D eigenvalue weighted by molar-refractivity contribution is -0.117. The summed E-state index contributed by atoms with van der Waals surface area (Å²) >= 11 is 0. The Bertz CT molecular complexity index is 731. The zero-order valence-electron chi connectivity index (χ0n) is 14.0. The Morgan fingerprint density at radius 1 is 1.00 bits per heavy atom. The van der Waals surface area contributed by atoms with Crippen LogP contribution in [0.15, 0.2) is 48.5 Å². The molecule has 1 fully saturated rings. The quantitative estimate of drug-likeness (QED) is 0.879. The van der Waals surface area contributed by atoms with Gasteiger partial charge in [-0.25, -0.2) is 0 Å². The highest BCUT2D eigenvalue weighted by Gasteiger charge is 2.29. The van der Waals surface area contributed by atoms with Gasteiger partial charge in [-0.05, 0) is 56.5 Å². The topological polar surface area (TPSA) is 58.2 Å². The number of nitrogens with one attached hydrogen (secondary N) is 2. The predicted molar refractivity (Wildman–Crippen MR) is 94.9 cm³/mol. The van der Waals surface area contributed by atoms with Crippen LogP contribution in [-0.4, -0.2) is 11.8 Å². The molecule has 0 saturated heterocycles. The number of hydrogen-bond acceptors (Lipinski definition) is 2. The van der Waals surface area contributed by atoms with Gasteiger partial charge in [0.05, 0.1) is 6.04 Å². The van der Waals surface area contributed by atoms with Crippen molar-refractivity contribution in [1.29, 1.82) is 0 Å². The fraction of sp³-hybridized carbons (Fsp3) is 0.300. The van der Waals surface area contributed by atoms with E-state index in [-0.39, 0.29) is 23.8 Å². The van der Waals surface area contributed by atoms with Gasteiger partial charge in [0.1, 0.15) is 0 Å². The molecule has 0 aromatic heterocycles. The molecular weight excluding hydrogens is 300 g/mol. The van der Waals surface area contributed by atoms with E-state index in [1.54, 1.807) is 24.3 Å². The van der Waals surface area contributed by atoms with Crippen molar-refractivity contribution in [3.05, 3.63) is 65.2 Å². The van der Waals surface area contributed by atoms with Gasteiger partial charge in [-0.3, -0.25) is 9.59 Å². The van der Waals surface area contributed by atoms with Gasteiger partial charge in [-0.2, -0.15) is 0 Å². The Labute approximate surface area is 142 Å². The van der Waals surface area contributed by atoms with E-state index < -0.39 is 0 Å². The fourth-order valence-corrected chi connectivity index (χ4v) is 2.51. The van der Waals surface area contributed by atoms with Gasteiger partial charge in [-0.15, -0.1) is 0 Å². The second-order valence-electron chi connectivity index (χ2n) is 6.45. The first-order chi connectivity index (χ1) is 11.5. The molecule has 2 aromatic rings. The zero-order valence-corrected chi connectivity index (χ0v) is 14.0. The molecule has 0 heterocycles. The van der Waals surface area contributed by atoms with Crippen LogP contribution in [0.25, 0.3) is 0 Å². The van der Waals surface area contributed by atoms with E-state index in [1.807, 2.05) is 38.1 Å². The van der Waals surface area contributed by atoms with Crippen LogP contribution in [0.3, 0.4) is 0 Å². The number of carbonyl (C=O) groups is 2. The van der Waals surface area contributed by atoms with E-state index in [0.29, 0.717) is 5.56 Å². The third kappa shape index (κ3) is 4.02. The van der Waals surface area contributed by atoms with E-state index in [2.05, 4.69) is 10.6 Å². The molecule has 2 N–H and O–H groups in total. The number of hydrogen-bond donors (Lipinski definition) is 2. The maximum absolute atomic E-state index is 12.3. The average molecular weight is 322 g/mol. The van der Waals surface area contributed by atoms with E-state index in [9.17, 15) is 9.59 Å². The van der Waals surface area contributed by atoms with Crippen LogP contribution >= 0.6 is 0 Å². The molecule has 1 unspecified atom stereocenters. The van der Waals surface area contributed by atoms with Gasteiger partial charge in [0.2, 0.25) is 5.91 Å².